The smallest absolute Gasteiger partial charge is 0.255 e. The summed E-state index contributed by atoms with van der Waals surface area (Å²) in [5.41, 5.74) is 0.556. The Morgan fingerprint density at radius 3 is 2.24 bits per heavy atom. The standard InChI is InChI=1S/C19H18F2N2O2/c20-14-10-13(11-15(21)12-14)18(24)22-17-7-3-2-6-16(17)19(25)23-8-4-1-5-9-23/h2-3,6-7,10-12H,1,4-5,8-9H2,(H,22,24). The summed E-state index contributed by atoms with van der Waals surface area (Å²) in [6.45, 7) is 1.38. The second kappa shape index (κ2) is 7.42. The third-order valence-corrected chi connectivity index (χ3v) is 4.17. The molecule has 0 bridgehead atoms. The highest BCUT2D eigenvalue weighted by Crippen LogP contribution is 2.21. The molecule has 1 fully saturated rings. The van der Waals surface area contributed by atoms with E-state index in [0.29, 0.717) is 30.4 Å². The summed E-state index contributed by atoms with van der Waals surface area (Å²) < 4.78 is 26.6. The predicted molar refractivity (Wildman–Crippen MR) is 90.5 cm³/mol. The van der Waals surface area contributed by atoms with Crippen molar-refractivity contribution < 1.29 is 18.4 Å². The number of hydrogen-bond acceptors (Lipinski definition) is 2. The molecule has 0 aliphatic carbocycles. The molecule has 3 rings (SSSR count). The van der Waals surface area contributed by atoms with E-state index in [1.165, 1.54) is 0 Å². The van der Waals surface area contributed by atoms with Crippen LogP contribution < -0.4 is 5.32 Å². The first-order chi connectivity index (χ1) is 12.0. The normalized spacial score (nSPS) is 14.2. The number of nitrogens with one attached hydrogen (secondary N) is 1. The van der Waals surface area contributed by atoms with Crippen molar-refractivity contribution in [2.45, 2.75) is 19.3 Å². The largest absolute Gasteiger partial charge is 0.339 e. The Labute approximate surface area is 144 Å². The van der Waals surface area contributed by atoms with Crippen LogP contribution >= 0.6 is 0 Å². The van der Waals surface area contributed by atoms with Crippen molar-refractivity contribution in [1.82, 2.24) is 4.90 Å². The molecule has 0 spiro atoms. The van der Waals surface area contributed by atoms with Gasteiger partial charge in [0.05, 0.1) is 11.3 Å². The Hall–Kier alpha value is -2.76. The molecule has 0 unspecified atom stereocenters. The van der Waals surface area contributed by atoms with Crippen molar-refractivity contribution in [2.24, 2.45) is 0 Å². The summed E-state index contributed by atoms with van der Waals surface area (Å²) in [5, 5.41) is 2.58. The Morgan fingerprint density at radius 2 is 1.56 bits per heavy atom. The van der Waals surface area contributed by atoms with Crippen LogP contribution in [0.25, 0.3) is 0 Å². The number of carbonyl (C=O) groups excluding carboxylic acids is 2. The molecule has 0 saturated carbocycles. The van der Waals surface area contributed by atoms with Crippen LogP contribution in [-0.2, 0) is 0 Å². The molecule has 25 heavy (non-hydrogen) atoms. The van der Waals surface area contributed by atoms with Crippen molar-refractivity contribution in [3.05, 3.63) is 65.2 Å². The molecule has 1 aliphatic rings. The number of benzene rings is 2. The first-order valence-corrected chi connectivity index (χ1v) is 8.20. The lowest BCUT2D eigenvalue weighted by molar-refractivity contribution is 0.0725. The van der Waals surface area contributed by atoms with Crippen LogP contribution in [0.4, 0.5) is 14.5 Å². The van der Waals surface area contributed by atoms with Gasteiger partial charge >= 0.3 is 0 Å². The molecule has 130 valence electrons. The van der Waals surface area contributed by atoms with E-state index in [-0.39, 0.29) is 11.5 Å². The molecule has 2 amide bonds. The average molecular weight is 344 g/mol. The van der Waals surface area contributed by atoms with Gasteiger partial charge in [-0.25, -0.2) is 8.78 Å². The highest BCUT2D eigenvalue weighted by molar-refractivity contribution is 6.09. The van der Waals surface area contributed by atoms with Gasteiger partial charge in [-0.05, 0) is 43.5 Å². The van der Waals surface area contributed by atoms with Crippen molar-refractivity contribution in [1.29, 1.82) is 0 Å². The van der Waals surface area contributed by atoms with Gasteiger partial charge in [0, 0.05) is 24.7 Å². The zero-order chi connectivity index (χ0) is 17.8. The second-order valence-electron chi connectivity index (χ2n) is 6.01. The fraction of sp³-hybridized carbons (Fsp3) is 0.263. The zero-order valence-corrected chi connectivity index (χ0v) is 13.6. The van der Waals surface area contributed by atoms with E-state index in [0.717, 1.165) is 31.4 Å². The van der Waals surface area contributed by atoms with Crippen molar-refractivity contribution in [3.8, 4) is 0 Å². The number of carbonyl (C=O) groups is 2. The summed E-state index contributed by atoms with van der Waals surface area (Å²) in [6, 6.07) is 9.25. The fourth-order valence-corrected chi connectivity index (χ4v) is 2.93. The van der Waals surface area contributed by atoms with Crippen molar-refractivity contribution in [3.63, 3.8) is 0 Å². The molecule has 4 nitrogen and oxygen atoms in total. The van der Waals surface area contributed by atoms with Gasteiger partial charge in [0.1, 0.15) is 11.6 Å². The van der Waals surface area contributed by atoms with E-state index >= 15 is 0 Å². The molecule has 0 aromatic heterocycles. The second-order valence-corrected chi connectivity index (χ2v) is 6.01. The number of hydrogen-bond donors (Lipinski definition) is 1. The predicted octanol–water partition coefficient (Wildman–Crippen LogP) is 3.84. The van der Waals surface area contributed by atoms with E-state index in [2.05, 4.69) is 5.32 Å². The summed E-state index contributed by atoms with van der Waals surface area (Å²) in [4.78, 5) is 26.8. The summed E-state index contributed by atoms with van der Waals surface area (Å²) in [6.07, 6.45) is 3.03. The van der Waals surface area contributed by atoms with Crippen LogP contribution in [0.1, 0.15) is 40.0 Å². The molecular formula is C19H18F2N2O2. The van der Waals surface area contributed by atoms with Crippen LogP contribution in [-0.4, -0.2) is 29.8 Å². The van der Waals surface area contributed by atoms with Crippen molar-refractivity contribution >= 4 is 17.5 Å². The number of likely N-dealkylation sites (tertiary alicyclic amines) is 1. The molecule has 1 heterocycles. The Bertz CT molecular complexity index is 782. The molecule has 1 aliphatic heterocycles. The lowest BCUT2D eigenvalue weighted by atomic mass is 10.1. The number of halogens is 2. The van der Waals surface area contributed by atoms with Crippen LogP contribution in [0.3, 0.4) is 0 Å². The number of piperidine rings is 1. The highest BCUT2D eigenvalue weighted by atomic mass is 19.1. The maximum atomic E-state index is 13.3. The summed E-state index contributed by atoms with van der Waals surface area (Å²) in [5.74, 6) is -2.48. The molecular weight excluding hydrogens is 326 g/mol. The third kappa shape index (κ3) is 4.02. The van der Waals surface area contributed by atoms with Gasteiger partial charge in [0.25, 0.3) is 11.8 Å². The van der Waals surface area contributed by atoms with Gasteiger partial charge in [0.15, 0.2) is 0 Å². The number of anilines is 1. The van der Waals surface area contributed by atoms with Gasteiger partial charge in [-0.3, -0.25) is 9.59 Å². The van der Waals surface area contributed by atoms with E-state index < -0.39 is 17.5 Å². The lowest BCUT2D eigenvalue weighted by Crippen LogP contribution is -2.36. The summed E-state index contributed by atoms with van der Waals surface area (Å²) in [7, 11) is 0. The SMILES string of the molecule is O=C(Nc1ccccc1C(=O)N1CCCCC1)c1cc(F)cc(F)c1. The van der Waals surface area contributed by atoms with E-state index in [1.807, 2.05) is 0 Å². The van der Waals surface area contributed by atoms with Crippen LogP contribution in [0, 0.1) is 11.6 Å². The third-order valence-electron chi connectivity index (χ3n) is 4.17. The van der Waals surface area contributed by atoms with Gasteiger partial charge in [-0.1, -0.05) is 12.1 Å². The number of nitrogens with zero attached hydrogens (tertiary/aromatic N) is 1. The minimum absolute atomic E-state index is 0.141. The van der Waals surface area contributed by atoms with Crippen LogP contribution in [0.2, 0.25) is 0 Å². The quantitative estimate of drug-likeness (QED) is 0.920. The lowest BCUT2D eigenvalue weighted by Gasteiger charge is -2.27. The van der Waals surface area contributed by atoms with Crippen molar-refractivity contribution in [2.75, 3.05) is 18.4 Å². The molecule has 0 radical (unpaired) electrons. The maximum Gasteiger partial charge on any atom is 0.255 e. The minimum Gasteiger partial charge on any atom is -0.339 e. The zero-order valence-electron chi connectivity index (χ0n) is 13.6. The molecule has 2 aromatic rings. The van der Waals surface area contributed by atoms with Gasteiger partial charge in [-0.15, -0.1) is 0 Å². The van der Waals surface area contributed by atoms with Crippen LogP contribution in [0.5, 0.6) is 0 Å². The highest BCUT2D eigenvalue weighted by Gasteiger charge is 2.21. The van der Waals surface area contributed by atoms with E-state index in [4.69, 9.17) is 0 Å². The van der Waals surface area contributed by atoms with Gasteiger partial charge in [-0.2, -0.15) is 0 Å². The minimum atomic E-state index is -0.831. The van der Waals surface area contributed by atoms with Gasteiger partial charge in [0.2, 0.25) is 0 Å². The van der Waals surface area contributed by atoms with E-state index in [1.54, 1.807) is 29.2 Å². The Balaban J connectivity index is 1.83. The summed E-state index contributed by atoms with van der Waals surface area (Å²) >= 11 is 0. The fourth-order valence-electron chi connectivity index (χ4n) is 2.93. The van der Waals surface area contributed by atoms with E-state index in [9.17, 15) is 18.4 Å². The molecule has 2 aromatic carbocycles. The molecule has 1 saturated heterocycles. The number of amides is 2. The molecule has 6 heteroatoms. The topological polar surface area (TPSA) is 49.4 Å². The molecule has 1 N–H and O–H groups in total. The first kappa shape index (κ1) is 17.1. The van der Waals surface area contributed by atoms with Crippen LogP contribution in [0.15, 0.2) is 42.5 Å². The average Bonchev–Trinajstić information content (AvgIpc) is 2.61. The molecule has 0 atom stereocenters. The Kier molecular flexibility index (Phi) is 5.07. The number of rotatable bonds is 3. The monoisotopic (exact) mass is 344 g/mol. The first-order valence-electron chi connectivity index (χ1n) is 8.20. The maximum absolute atomic E-state index is 13.3. The van der Waals surface area contributed by atoms with Gasteiger partial charge < -0.3 is 10.2 Å². The Morgan fingerprint density at radius 1 is 0.920 bits per heavy atom. The number of para-hydroxylation sites is 1.